The number of carbonyl (C=O) groups excluding carboxylic acids is 3. The fraction of sp³-hybridized carbons (Fsp3) is 0.471. The van der Waals surface area contributed by atoms with Gasteiger partial charge in [-0.3, -0.25) is 14.5 Å². The van der Waals surface area contributed by atoms with Gasteiger partial charge in [-0.05, 0) is 30.5 Å². The molecular weight excluding hydrogens is 332 g/mol. The Morgan fingerprint density at radius 3 is 2.46 bits per heavy atom. The van der Waals surface area contributed by atoms with Crippen LogP contribution in [0.4, 0.5) is 4.79 Å². The van der Waals surface area contributed by atoms with Gasteiger partial charge in [0.1, 0.15) is 0 Å². The lowest BCUT2D eigenvalue weighted by Crippen LogP contribution is -2.40. The first-order chi connectivity index (χ1) is 11.5. The van der Waals surface area contributed by atoms with Crippen molar-refractivity contribution >= 4 is 29.5 Å². The topological polar surface area (TPSA) is 75.7 Å². The zero-order valence-electron chi connectivity index (χ0n) is 13.2. The summed E-state index contributed by atoms with van der Waals surface area (Å²) in [6, 6.07) is 6.74. The van der Waals surface area contributed by atoms with Gasteiger partial charge in [0.05, 0.1) is 5.41 Å². The van der Waals surface area contributed by atoms with Gasteiger partial charge in [-0.2, -0.15) is 0 Å². The van der Waals surface area contributed by atoms with Gasteiger partial charge in [-0.25, -0.2) is 4.79 Å². The van der Waals surface area contributed by atoms with E-state index in [1.165, 1.54) is 0 Å². The minimum atomic E-state index is -0.724. The summed E-state index contributed by atoms with van der Waals surface area (Å²) in [4.78, 5) is 37.3. The number of imide groups is 1. The third-order valence-corrected chi connectivity index (χ3v) is 4.98. The maximum atomic E-state index is 12.7. The summed E-state index contributed by atoms with van der Waals surface area (Å²) >= 11 is 5.93. The summed E-state index contributed by atoms with van der Waals surface area (Å²) in [5.41, 5.74) is 0.138. The maximum absolute atomic E-state index is 12.7. The highest BCUT2D eigenvalue weighted by Crippen LogP contribution is 2.42. The van der Waals surface area contributed by atoms with Crippen molar-refractivity contribution in [3.05, 3.63) is 34.9 Å². The highest BCUT2D eigenvalue weighted by molar-refractivity contribution is 6.30. The summed E-state index contributed by atoms with van der Waals surface area (Å²) < 4.78 is 5.29. The molecule has 3 rings (SSSR count). The van der Waals surface area contributed by atoms with Crippen molar-refractivity contribution in [2.24, 2.45) is 0 Å². The van der Waals surface area contributed by atoms with Crippen LogP contribution >= 0.6 is 11.6 Å². The molecule has 1 heterocycles. The summed E-state index contributed by atoms with van der Waals surface area (Å²) in [5, 5.41) is 3.15. The van der Waals surface area contributed by atoms with Crippen LogP contribution in [0.15, 0.2) is 24.3 Å². The number of urea groups is 1. The van der Waals surface area contributed by atoms with Gasteiger partial charge in [0.25, 0.3) is 5.91 Å². The molecule has 3 amide bonds. The van der Waals surface area contributed by atoms with E-state index in [1.807, 2.05) is 12.1 Å². The molecule has 1 saturated heterocycles. The Bertz CT molecular complexity index is 653. The van der Waals surface area contributed by atoms with Crippen molar-refractivity contribution < 1.29 is 19.1 Å². The molecule has 1 aliphatic heterocycles. The van der Waals surface area contributed by atoms with Crippen LogP contribution in [0.3, 0.4) is 0 Å². The quantitative estimate of drug-likeness (QED) is 0.845. The van der Waals surface area contributed by atoms with Crippen LogP contribution in [0.2, 0.25) is 5.02 Å². The summed E-state index contributed by atoms with van der Waals surface area (Å²) in [6.07, 6.45) is 3.23. The largest absolute Gasteiger partial charge is 0.455 e. The fourth-order valence-electron chi connectivity index (χ4n) is 3.41. The molecule has 0 radical (unpaired) electrons. The zero-order valence-corrected chi connectivity index (χ0v) is 14.0. The van der Waals surface area contributed by atoms with Crippen LogP contribution in [0.1, 0.15) is 31.2 Å². The number of nitrogens with zero attached hydrogens (tertiary/aromatic N) is 1. The second-order valence-corrected chi connectivity index (χ2v) is 6.59. The molecule has 1 aliphatic carbocycles. The minimum absolute atomic E-state index is 0.303. The van der Waals surface area contributed by atoms with Gasteiger partial charge in [-0.15, -0.1) is 0 Å². The molecule has 1 aromatic rings. The summed E-state index contributed by atoms with van der Waals surface area (Å²) in [7, 11) is 0. The number of ether oxygens (including phenoxy) is 1. The molecule has 0 aromatic heterocycles. The molecule has 2 fully saturated rings. The first kappa shape index (κ1) is 16.8. The zero-order chi connectivity index (χ0) is 17.2. The number of hydrogen-bond acceptors (Lipinski definition) is 4. The number of rotatable bonds is 4. The molecule has 128 valence electrons. The number of nitrogens with one attached hydrogen (secondary N) is 1. The molecule has 0 unspecified atom stereocenters. The first-order valence-corrected chi connectivity index (χ1v) is 8.42. The number of esters is 1. The molecule has 1 saturated carbocycles. The van der Waals surface area contributed by atoms with Crippen LogP contribution < -0.4 is 5.32 Å². The Labute approximate surface area is 145 Å². The molecule has 7 heteroatoms. The van der Waals surface area contributed by atoms with E-state index in [9.17, 15) is 14.4 Å². The third-order valence-electron chi connectivity index (χ3n) is 4.73. The Morgan fingerprint density at radius 2 is 1.88 bits per heavy atom. The van der Waals surface area contributed by atoms with E-state index in [0.29, 0.717) is 31.0 Å². The Morgan fingerprint density at radius 1 is 1.21 bits per heavy atom. The van der Waals surface area contributed by atoms with E-state index in [2.05, 4.69) is 5.32 Å². The maximum Gasteiger partial charge on any atom is 0.324 e. The monoisotopic (exact) mass is 350 g/mol. The van der Waals surface area contributed by atoms with Crippen molar-refractivity contribution in [2.75, 3.05) is 19.7 Å². The van der Waals surface area contributed by atoms with Gasteiger partial charge in [0, 0.05) is 18.1 Å². The number of carbonyl (C=O) groups is 3. The van der Waals surface area contributed by atoms with Gasteiger partial charge in [0.2, 0.25) is 0 Å². The van der Waals surface area contributed by atoms with Gasteiger partial charge in [0.15, 0.2) is 6.61 Å². The molecule has 0 bridgehead atoms. The first-order valence-electron chi connectivity index (χ1n) is 8.04. The van der Waals surface area contributed by atoms with E-state index in [1.54, 1.807) is 12.1 Å². The van der Waals surface area contributed by atoms with Crippen LogP contribution in [0, 0.1) is 0 Å². The number of hydrogen-bond donors (Lipinski definition) is 1. The lowest BCUT2D eigenvalue weighted by Gasteiger charge is -2.27. The number of amides is 3. The van der Waals surface area contributed by atoms with Crippen LogP contribution in [-0.4, -0.2) is 42.5 Å². The van der Waals surface area contributed by atoms with E-state index in [0.717, 1.165) is 23.3 Å². The predicted molar refractivity (Wildman–Crippen MR) is 87.7 cm³/mol. The summed E-state index contributed by atoms with van der Waals surface area (Å²) in [5.74, 6) is -0.905. The summed E-state index contributed by atoms with van der Waals surface area (Å²) in [6.45, 7) is 0.312. The van der Waals surface area contributed by atoms with Gasteiger partial charge in [-0.1, -0.05) is 36.6 Å². The number of benzene rings is 1. The van der Waals surface area contributed by atoms with Crippen molar-refractivity contribution in [3.8, 4) is 0 Å². The highest BCUT2D eigenvalue weighted by Gasteiger charge is 2.44. The normalized spacial score (nSPS) is 19.2. The standard InChI is InChI=1S/C17H19ClN2O4/c18-13-5-3-12(4-6-13)17(7-1-2-8-17)15(22)24-11-14(21)20-10-9-19-16(20)23/h3-6H,1-2,7-11H2,(H,19,23). The molecule has 1 aromatic carbocycles. The molecule has 24 heavy (non-hydrogen) atoms. The molecule has 1 N–H and O–H groups in total. The van der Waals surface area contributed by atoms with E-state index in [-0.39, 0.29) is 0 Å². The van der Waals surface area contributed by atoms with E-state index < -0.39 is 29.9 Å². The van der Waals surface area contributed by atoms with Crippen LogP contribution in [0.25, 0.3) is 0 Å². The van der Waals surface area contributed by atoms with Crippen LogP contribution in [0.5, 0.6) is 0 Å². The van der Waals surface area contributed by atoms with Crippen molar-refractivity contribution in [3.63, 3.8) is 0 Å². The third kappa shape index (κ3) is 3.11. The SMILES string of the molecule is O=C(COC(=O)C1(c2ccc(Cl)cc2)CCCC1)N1CCNC1=O. The number of halogens is 1. The lowest BCUT2D eigenvalue weighted by molar-refractivity contribution is -0.156. The van der Waals surface area contributed by atoms with E-state index in [4.69, 9.17) is 16.3 Å². The molecule has 6 nitrogen and oxygen atoms in total. The average Bonchev–Trinajstić information content (AvgIpc) is 3.23. The molecular formula is C17H19ClN2O4. The van der Waals surface area contributed by atoms with E-state index >= 15 is 0 Å². The predicted octanol–water partition coefficient (Wildman–Crippen LogP) is 2.25. The molecule has 2 aliphatic rings. The van der Waals surface area contributed by atoms with Gasteiger partial charge < -0.3 is 10.1 Å². The highest BCUT2D eigenvalue weighted by atomic mass is 35.5. The van der Waals surface area contributed by atoms with Crippen LogP contribution in [-0.2, 0) is 19.7 Å². The smallest absolute Gasteiger partial charge is 0.324 e. The lowest BCUT2D eigenvalue weighted by atomic mass is 9.79. The Balaban J connectivity index is 1.70. The van der Waals surface area contributed by atoms with Gasteiger partial charge >= 0.3 is 12.0 Å². The Hall–Kier alpha value is -2.08. The molecule has 0 atom stereocenters. The second kappa shape index (κ2) is 6.81. The van der Waals surface area contributed by atoms with Crippen molar-refractivity contribution in [1.82, 2.24) is 10.2 Å². The second-order valence-electron chi connectivity index (χ2n) is 6.15. The Kier molecular flexibility index (Phi) is 4.76. The molecule has 0 spiro atoms. The van der Waals surface area contributed by atoms with Crippen molar-refractivity contribution in [1.29, 1.82) is 0 Å². The average molecular weight is 351 g/mol. The van der Waals surface area contributed by atoms with Crippen molar-refractivity contribution in [2.45, 2.75) is 31.1 Å². The fourth-order valence-corrected chi connectivity index (χ4v) is 3.54. The minimum Gasteiger partial charge on any atom is -0.455 e.